The van der Waals surface area contributed by atoms with E-state index in [-0.39, 0.29) is 5.75 Å². The van der Waals surface area contributed by atoms with E-state index in [0.29, 0.717) is 28.3 Å². The van der Waals surface area contributed by atoms with Crippen LogP contribution >= 0.6 is 11.6 Å². The van der Waals surface area contributed by atoms with Crippen LogP contribution < -0.4 is 5.32 Å². The second-order valence-electron chi connectivity index (χ2n) is 6.03. The number of aromatic hydroxyl groups is 1. The number of aryl methyl sites for hydroxylation is 1. The molecule has 2 heterocycles. The molecule has 1 unspecified atom stereocenters. The number of hydrogen-bond donors (Lipinski definition) is 2. The van der Waals surface area contributed by atoms with Crippen molar-refractivity contribution in [1.82, 2.24) is 20.1 Å². The van der Waals surface area contributed by atoms with Crippen molar-refractivity contribution in [3.63, 3.8) is 0 Å². The predicted octanol–water partition coefficient (Wildman–Crippen LogP) is 2.71. The summed E-state index contributed by atoms with van der Waals surface area (Å²) in [5.41, 5.74) is 1.37. The Balaban J connectivity index is 1.77. The van der Waals surface area contributed by atoms with Crippen molar-refractivity contribution in [2.45, 2.75) is 25.8 Å². The topological polar surface area (TPSA) is 74.2 Å². The van der Waals surface area contributed by atoms with E-state index in [2.05, 4.69) is 32.4 Å². The Morgan fingerprint density at radius 1 is 1.35 bits per heavy atom. The van der Waals surface area contributed by atoms with Crippen LogP contribution in [-0.2, 0) is 0 Å². The summed E-state index contributed by atoms with van der Waals surface area (Å²) in [7, 11) is 2.12. The number of nitrogens with one attached hydrogen (secondary N) is 1. The number of anilines is 1. The zero-order valence-corrected chi connectivity index (χ0v) is 14.0. The molecule has 6 nitrogen and oxygen atoms in total. The molecule has 1 aliphatic rings. The molecule has 1 fully saturated rings. The summed E-state index contributed by atoms with van der Waals surface area (Å²) in [6.45, 7) is 3.98. The van der Waals surface area contributed by atoms with E-state index in [1.807, 2.05) is 6.92 Å². The highest BCUT2D eigenvalue weighted by Gasteiger charge is 2.18. The van der Waals surface area contributed by atoms with Gasteiger partial charge in [-0.3, -0.25) is 0 Å². The van der Waals surface area contributed by atoms with Gasteiger partial charge in [-0.05, 0) is 51.1 Å². The van der Waals surface area contributed by atoms with Crippen LogP contribution in [0.2, 0.25) is 5.02 Å². The van der Waals surface area contributed by atoms with Crippen LogP contribution in [0.5, 0.6) is 5.75 Å². The number of nitrogens with zero attached hydrogens (tertiary/aromatic N) is 4. The van der Waals surface area contributed by atoms with Crippen molar-refractivity contribution < 1.29 is 5.11 Å². The number of piperidine rings is 1. The number of likely N-dealkylation sites (tertiary alicyclic amines) is 1. The first-order valence-electron chi connectivity index (χ1n) is 7.67. The van der Waals surface area contributed by atoms with E-state index >= 15 is 0 Å². The van der Waals surface area contributed by atoms with E-state index in [9.17, 15) is 5.11 Å². The molecule has 3 rings (SSSR count). The summed E-state index contributed by atoms with van der Waals surface area (Å²) >= 11 is 5.92. The lowest BCUT2D eigenvalue weighted by Crippen LogP contribution is -2.39. The van der Waals surface area contributed by atoms with Gasteiger partial charge in [0.15, 0.2) is 11.6 Å². The molecular formula is C16H20ClN5O. The van der Waals surface area contributed by atoms with E-state index in [1.165, 1.54) is 12.5 Å². The van der Waals surface area contributed by atoms with Crippen LogP contribution in [0.15, 0.2) is 18.3 Å². The Morgan fingerprint density at radius 2 is 2.17 bits per heavy atom. The molecule has 23 heavy (non-hydrogen) atoms. The molecule has 1 saturated heterocycles. The largest absolute Gasteiger partial charge is 0.507 e. The fraction of sp³-hybridized carbons (Fsp3) is 0.438. The number of phenolic OH excluding ortho intramolecular Hbond substituents is 1. The van der Waals surface area contributed by atoms with Gasteiger partial charge in [-0.1, -0.05) is 11.6 Å². The summed E-state index contributed by atoms with van der Waals surface area (Å²) in [4.78, 5) is 6.63. The first kappa shape index (κ1) is 16.0. The van der Waals surface area contributed by atoms with Crippen molar-refractivity contribution in [1.29, 1.82) is 0 Å². The second-order valence-corrected chi connectivity index (χ2v) is 6.47. The average molecular weight is 334 g/mol. The first-order valence-corrected chi connectivity index (χ1v) is 8.05. The molecule has 2 N–H and O–H groups in total. The summed E-state index contributed by atoms with van der Waals surface area (Å²) in [6.07, 6.45) is 3.94. The zero-order valence-electron chi connectivity index (χ0n) is 13.3. The molecule has 1 atom stereocenters. The van der Waals surface area contributed by atoms with Crippen molar-refractivity contribution in [3.8, 4) is 17.1 Å². The normalized spacial score (nSPS) is 18.8. The van der Waals surface area contributed by atoms with Gasteiger partial charge in [0.25, 0.3) is 0 Å². The highest BCUT2D eigenvalue weighted by atomic mass is 35.5. The molecule has 0 bridgehead atoms. The lowest BCUT2D eigenvalue weighted by Gasteiger charge is -2.30. The number of phenols is 1. The summed E-state index contributed by atoms with van der Waals surface area (Å²) in [5.74, 6) is 1.11. The molecule has 7 heteroatoms. The summed E-state index contributed by atoms with van der Waals surface area (Å²) < 4.78 is 0. The van der Waals surface area contributed by atoms with Crippen molar-refractivity contribution in [3.05, 3.63) is 28.9 Å². The smallest absolute Gasteiger partial charge is 0.185 e. The van der Waals surface area contributed by atoms with Gasteiger partial charge in [0.1, 0.15) is 5.75 Å². The fourth-order valence-corrected chi connectivity index (χ4v) is 3.23. The van der Waals surface area contributed by atoms with Crippen molar-refractivity contribution in [2.24, 2.45) is 0 Å². The molecule has 1 aliphatic heterocycles. The predicted molar refractivity (Wildman–Crippen MR) is 90.8 cm³/mol. The third kappa shape index (κ3) is 3.71. The first-order chi connectivity index (χ1) is 11.0. The van der Waals surface area contributed by atoms with Gasteiger partial charge in [-0.15, -0.1) is 10.2 Å². The van der Waals surface area contributed by atoms with Gasteiger partial charge >= 0.3 is 0 Å². The minimum atomic E-state index is 0.0615. The highest BCUT2D eigenvalue weighted by molar-refractivity contribution is 6.30. The highest BCUT2D eigenvalue weighted by Crippen LogP contribution is 2.32. The van der Waals surface area contributed by atoms with E-state index < -0.39 is 0 Å². The maximum absolute atomic E-state index is 10.1. The van der Waals surface area contributed by atoms with E-state index in [4.69, 9.17) is 11.6 Å². The van der Waals surface area contributed by atoms with Crippen LogP contribution in [0.3, 0.4) is 0 Å². The molecular weight excluding hydrogens is 314 g/mol. The van der Waals surface area contributed by atoms with Crippen molar-refractivity contribution >= 4 is 17.4 Å². The number of rotatable bonds is 3. The second kappa shape index (κ2) is 6.68. The Morgan fingerprint density at radius 3 is 2.83 bits per heavy atom. The van der Waals surface area contributed by atoms with Crippen LogP contribution in [0, 0.1) is 6.92 Å². The molecule has 122 valence electrons. The molecule has 2 aromatic rings. The zero-order chi connectivity index (χ0) is 16.4. The Bertz CT molecular complexity index is 668. The number of benzene rings is 1. The Kier molecular flexibility index (Phi) is 4.63. The third-order valence-electron chi connectivity index (χ3n) is 4.04. The number of hydrogen-bond acceptors (Lipinski definition) is 6. The van der Waals surface area contributed by atoms with Gasteiger partial charge in [0.05, 0.1) is 11.8 Å². The molecule has 0 aliphatic carbocycles. The van der Waals surface area contributed by atoms with Crippen LogP contribution in [0.25, 0.3) is 11.4 Å². The lowest BCUT2D eigenvalue weighted by atomic mass is 10.1. The minimum absolute atomic E-state index is 0.0615. The summed E-state index contributed by atoms with van der Waals surface area (Å²) in [6, 6.07) is 3.61. The number of aromatic nitrogens is 3. The third-order valence-corrected chi connectivity index (χ3v) is 4.26. The maximum Gasteiger partial charge on any atom is 0.185 e. The van der Waals surface area contributed by atoms with E-state index in [0.717, 1.165) is 25.1 Å². The Labute approximate surface area is 140 Å². The molecule has 0 saturated carbocycles. The average Bonchev–Trinajstić information content (AvgIpc) is 2.48. The standard InChI is InChI=1S/C16H20ClN5O/c1-10-6-11(17)7-13(23)15(10)16-18-8-14(20-21-16)19-12-4-3-5-22(2)9-12/h6-8,12,23H,3-5,9H2,1-2H3,(H,19,20). The maximum atomic E-state index is 10.1. The van der Waals surface area contributed by atoms with Gasteiger partial charge in [-0.2, -0.15) is 0 Å². The van der Waals surface area contributed by atoms with E-state index in [1.54, 1.807) is 12.3 Å². The van der Waals surface area contributed by atoms with Gasteiger partial charge in [0.2, 0.25) is 0 Å². The van der Waals surface area contributed by atoms with Crippen molar-refractivity contribution in [2.75, 3.05) is 25.5 Å². The van der Waals surface area contributed by atoms with Gasteiger partial charge in [0, 0.05) is 17.6 Å². The molecule has 1 aromatic heterocycles. The SMILES string of the molecule is Cc1cc(Cl)cc(O)c1-c1ncc(NC2CCCN(C)C2)nn1. The molecule has 0 radical (unpaired) electrons. The minimum Gasteiger partial charge on any atom is -0.507 e. The van der Waals surface area contributed by atoms with Gasteiger partial charge < -0.3 is 15.3 Å². The van der Waals surface area contributed by atoms with Crippen LogP contribution in [0.1, 0.15) is 18.4 Å². The molecule has 1 aromatic carbocycles. The van der Waals surface area contributed by atoms with Crippen LogP contribution in [-0.4, -0.2) is 51.4 Å². The molecule has 0 amide bonds. The summed E-state index contributed by atoms with van der Waals surface area (Å²) in [5, 5.41) is 22.3. The number of halogens is 1. The lowest BCUT2D eigenvalue weighted by molar-refractivity contribution is 0.260. The molecule has 0 spiro atoms. The number of likely N-dealkylation sites (N-methyl/N-ethyl adjacent to an activating group) is 1. The monoisotopic (exact) mass is 333 g/mol. The van der Waals surface area contributed by atoms with Gasteiger partial charge in [-0.25, -0.2) is 4.98 Å². The Hall–Kier alpha value is -1.92. The van der Waals surface area contributed by atoms with Crippen LogP contribution in [0.4, 0.5) is 5.82 Å². The fourth-order valence-electron chi connectivity index (χ4n) is 2.97. The quantitative estimate of drug-likeness (QED) is 0.899.